The molecule has 7 heteroatoms. The summed E-state index contributed by atoms with van der Waals surface area (Å²) in [5.74, 6) is 0.354. The molecule has 0 bridgehead atoms. The fraction of sp³-hybridized carbons (Fsp3) is 0.208. The van der Waals surface area contributed by atoms with Gasteiger partial charge in [0.05, 0.1) is 12.2 Å². The Bertz CT molecular complexity index is 1180. The predicted molar refractivity (Wildman–Crippen MR) is 120 cm³/mol. The van der Waals surface area contributed by atoms with E-state index in [0.717, 1.165) is 30.6 Å². The van der Waals surface area contributed by atoms with Crippen molar-refractivity contribution in [3.63, 3.8) is 0 Å². The summed E-state index contributed by atoms with van der Waals surface area (Å²) >= 11 is 0. The molecule has 31 heavy (non-hydrogen) atoms. The number of nitrogen functional groups attached to an aromatic ring is 1. The van der Waals surface area contributed by atoms with E-state index in [-0.39, 0.29) is 23.7 Å². The molecule has 5 N–H and O–H groups in total. The average molecular weight is 413 g/mol. The topological polar surface area (TPSA) is 129 Å². The van der Waals surface area contributed by atoms with E-state index < -0.39 is 5.91 Å². The fourth-order valence-corrected chi connectivity index (χ4v) is 3.67. The van der Waals surface area contributed by atoms with Crippen LogP contribution in [0.4, 0.5) is 11.5 Å². The van der Waals surface area contributed by atoms with Gasteiger partial charge in [0.2, 0.25) is 5.91 Å². The Morgan fingerprint density at radius 3 is 2.61 bits per heavy atom. The predicted octanol–water partition coefficient (Wildman–Crippen LogP) is 3.28. The number of rotatable bonds is 7. The molecule has 0 unspecified atom stereocenters. The van der Waals surface area contributed by atoms with Crippen molar-refractivity contribution in [3.8, 4) is 34.2 Å². The smallest absolute Gasteiger partial charge is 0.236 e. The molecule has 0 atom stereocenters. The van der Waals surface area contributed by atoms with Gasteiger partial charge >= 0.3 is 0 Å². The molecule has 1 aromatic heterocycles. The zero-order valence-corrected chi connectivity index (χ0v) is 17.0. The van der Waals surface area contributed by atoms with Gasteiger partial charge in [-0.05, 0) is 54.7 Å². The molecule has 4 rings (SSSR count). The molecule has 1 amide bonds. The van der Waals surface area contributed by atoms with Gasteiger partial charge in [0.1, 0.15) is 23.2 Å². The van der Waals surface area contributed by atoms with E-state index in [0.29, 0.717) is 22.7 Å². The number of anilines is 2. The van der Waals surface area contributed by atoms with Gasteiger partial charge in [-0.2, -0.15) is 5.26 Å². The molecule has 1 fully saturated rings. The Morgan fingerprint density at radius 2 is 1.94 bits per heavy atom. The molecule has 0 spiro atoms. The van der Waals surface area contributed by atoms with Crippen LogP contribution in [0.1, 0.15) is 18.4 Å². The first-order valence-electron chi connectivity index (χ1n) is 10.1. The molecule has 3 aromatic rings. The van der Waals surface area contributed by atoms with Crippen LogP contribution in [0.2, 0.25) is 0 Å². The molecule has 7 nitrogen and oxygen atoms in total. The number of amides is 1. The molecule has 0 saturated heterocycles. The number of benzene rings is 2. The molecule has 0 radical (unpaired) electrons. The van der Waals surface area contributed by atoms with Crippen molar-refractivity contribution in [1.29, 1.82) is 5.26 Å². The van der Waals surface area contributed by atoms with Crippen molar-refractivity contribution in [2.45, 2.75) is 12.8 Å². The molecule has 2 aromatic carbocycles. The number of aromatic hydroxyl groups is 1. The second kappa shape index (κ2) is 8.36. The number of para-hydroxylation sites is 1. The van der Waals surface area contributed by atoms with Gasteiger partial charge in [0.15, 0.2) is 0 Å². The van der Waals surface area contributed by atoms with Crippen LogP contribution in [0.15, 0.2) is 54.6 Å². The Hall–Kier alpha value is -4.05. The average Bonchev–Trinajstić information content (AvgIpc) is 3.57. The summed E-state index contributed by atoms with van der Waals surface area (Å²) in [6, 6.07) is 18.3. The van der Waals surface area contributed by atoms with E-state index in [2.05, 4.69) is 11.1 Å². The lowest BCUT2D eigenvalue weighted by Gasteiger charge is -2.24. The first-order chi connectivity index (χ1) is 15.0. The maximum absolute atomic E-state index is 11.6. The molecule has 1 aliphatic carbocycles. The third kappa shape index (κ3) is 4.43. The summed E-state index contributed by atoms with van der Waals surface area (Å²) in [5.41, 5.74) is 15.1. The van der Waals surface area contributed by atoms with Crippen LogP contribution in [0.5, 0.6) is 5.75 Å². The van der Waals surface area contributed by atoms with Crippen LogP contribution in [-0.4, -0.2) is 29.1 Å². The molecule has 1 saturated carbocycles. The molecular formula is C24H23N5O2. The van der Waals surface area contributed by atoms with E-state index in [4.69, 9.17) is 11.5 Å². The third-order valence-electron chi connectivity index (χ3n) is 5.38. The second-order valence-corrected chi connectivity index (χ2v) is 7.78. The number of primary amides is 1. The normalized spacial score (nSPS) is 12.9. The van der Waals surface area contributed by atoms with Crippen LogP contribution >= 0.6 is 0 Å². The maximum atomic E-state index is 11.6. The minimum absolute atomic E-state index is 0.0795. The number of carbonyl (C=O) groups excluding carboxylic acids is 1. The minimum atomic E-state index is -0.390. The second-order valence-electron chi connectivity index (χ2n) is 7.78. The first kappa shape index (κ1) is 20.2. The van der Waals surface area contributed by atoms with Crippen LogP contribution in [0.25, 0.3) is 22.4 Å². The van der Waals surface area contributed by atoms with Gasteiger partial charge < -0.3 is 21.5 Å². The number of nitrogens with zero attached hydrogens (tertiary/aromatic N) is 3. The van der Waals surface area contributed by atoms with E-state index in [1.807, 2.05) is 29.2 Å². The number of pyridine rings is 1. The van der Waals surface area contributed by atoms with Gasteiger partial charge in [-0.25, -0.2) is 4.98 Å². The monoisotopic (exact) mass is 413 g/mol. The minimum Gasteiger partial charge on any atom is -0.507 e. The summed E-state index contributed by atoms with van der Waals surface area (Å²) in [5, 5.41) is 19.9. The summed E-state index contributed by atoms with van der Waals surface area (Å²) in [6.07, 6.45) is 2.30. The maximum Gasteiger partial charge on any atom is 0.236 e. The number of hydrogen-bond donors (Lipinski definition) is 3. The number of nitriles is 1. The SMILES string of the molecule is N#Cc1c(-c2cccc(N(CC(N)=O)CC3CC3)c2)cc(-c2ccccc2O)nc1N. The Morgan fingerprint density at radius 1 is 1.16 bits per heavy atom. The number of nitrogens with two attached hydrogens (primary N) is 2. The lowest BCUT2D eigenvalue weighted by atomic mass is 9.97. The van der Waals surface area contributed by atoms with Gasteiger partial charge in [-0.3, -0.25) is 4.79 Å². The van der Waals surface area contributed by atoms with Gasteiger partial charge in [-0.1, -0.05) is 24.3 Å². The summed E-state index contributed by atoms with van der Waals surface area (Å²) in [7, 11) is 0. The van der Waals surface area contributed by atoms with E-state index in [9.17, 15) is 15.2 Å². The van der Waals surface area contributed by atoms with Crippen molar-refractivity contribution >= 4 is 17.4 Å². The van der Waals surface area contributed by atoms with Crippen molar-refractivity contribution in [2.24, 2.45) is 11.7 Å². The number of phenolic OH excluding ortho intramolecular Hbond substituents is 1. The van der Waals surface area contributed by atoms with E-state index >= 15 is 0 Å². The zero-order chi connectivity index (χ0) is 22.0. The highest BCUT2D eigenvalue weighted by atomic mass is 16.3. The Kier molecular flexibility index (Phi) is 5.46. The molecular weight excluding hydrogens is 390 g/mol. The lowest BCUT2D eigenvalue weighted by molar-refractivity contribution is -0.116. The highest BCUT2D eigenvalue weighted by Crippen LogP contribution is 2.36. The van der Waals surface area contributed by atoms with Gasteiger partial charge in [0, 0.05) is 23.4 Å². The fourth-order valence-electron chi connectivity index (χ4n) is 3.67. The highest BCUT2D eigenvalue weighted by Gasteiger charge is 2.25. The summed E-state index contributed by atoms with van der Waals surface area (Å²) in [4.78, 5) is 17.9. The van der Waals surface area contributed by atoms with Crippen LogP contribution in [-0.2, 0) is 4.79 Å². The number of aromatic nitrogens is 1. The van der Waals surface area contributed by atoms with Gasteiger partial charge in [-0.15, -0.1) is 0 Å². The van der Waals surface area contributed by atoms with Crippen LogP contribution in [0, 0.1) is 17.2 Å². The summed E-state index contributed by atoms with van der Waals surface area (Å²) in [6.45, 7) is 0.895. The van der Waals surface area contributed by atoms with E-state index in [1.165, 1.54) is 0 Å². The van der Waals surface area contributed by atoms with E-state index in [1.54, 1.807) is 30.3 Å². The highest BCUT2D eigenvalue weighted by molar-refractivity contribution is 5.84. The van der Waals surface area contributed by atoms with Gasteiger partial charge in [0.25, 0.3) is 0 Å². The van der Waals surface area contributed by atoms with Crippen LogP contribution < -0.4 is 16.4 Å². The van der Waals surface area contributed by atoms with Crippen molar-refractivity contribution < 1.29 is 9.90 Å². The van der Waals surface area contributed by atoms with Crippen molar-refractivity contribution in [2.75, 3.05) is 23.7 Å². The number of hydrogen-bond acceptors (Lipinski definition) is 6. The quantitative estimate of drug-likeness (QED) is 0.545. The standard InChI is InChI=1S/C24H23N5O2/c25-12-20-19(11-21(28-24(20)27)18-6-1-2-7-22(18)30)16-4-3-5-17(10-16)29(14-23(26)31)13-15-8-9-15/h1-7,10-11,15,30H,8-9,13-14H2,(H2,26,31)(H2,27,28). The lowest BCUT2D eigenvalue weighted by Crippen LogP contribution is -2.35. The van der Waals surface area contributed by atoms with Crippen molar-refractivity contribution in [3.05, 3.63) is 60.2 Å². The molecule has 1 heterocycles. The molecule has 0 aliphatic heterocycles. The molecule has 156 valence electrons. The number of carbonyl (C=O) groups is 1. The Labute approximate surface area is 180 Å². The third-order valence-corrected chi connectivity index (χ3v) is 5.38. The molecule has 1 aliphatic rings. The van der Waals surface area contributed by atoms with Crippen molar-refractivity contribution in [1.82, 2.24) is 4.98 Å². The first-order valence-corrected chi connectivity index (χ1v) is 10.1. The summed E-state index contributed by atoms with van der Waals surface area (Å²) < 4.78 is 0. The number of phenols is 1. The Balaban J connectivity index is 1.80. The zero-order valence-electron chi connectivity index (χ0n) is 17.0. The largest absolute Gasteiger partial charge is 0.507 e. The van der Waals surface area contributed by atoms with Crippen LogP contribution in [0.3, 0.4) is 0 Å².